The number of nitrogens with zero attached hydrogens (tertiary/aromatic N) is 1. The van der Waals surface area contributed by atoms with Gasteiger partial charge < -0.3 is 14.2 Å². The Morgan fingerprint density at radius 3 is 2.56 bits per heavy atom. The maximum Gasteiger partial charge on any atom is 0.271 e. The van der Waals surface area contributed by atoms with Gasteiger partial charge in [-0.3, -0.25) is 4.79 Å². The van der Waals surface area contributed by atoms with E-state index in [4.69, 9.17) is 25.8 Å². The minimum absolute atomic E-state index is 0.0570. The fraction of sp³-hybridized carbons (Fsp3) is 0.167. The minimum Gasteiger partial charge on any atom is -0.493 e. The van der Waals surface area contributed by atoms with E-state index in [1.54, 1.807) is 54.6 Å². The molecule has 0 aliphatic carbocycles. The number of nitrogens with one attached hydrogen (secondary N) is 1. The number of hydrogen-bond donors (Lipinski definition) is 1. The highest BCUT2D eigenvalue weighted by molar-refractivity contribution is 6.32. The summed E-state index contributed by atoms with van der Waals surface area (Å²) >= 11 is 6.25. The van der Waals surface area contributed by atoms with Gasteiger partial charge in [-0.2, -0.15) is 5.10 Å². The quantitative estimate of drug-likeness (QED) is 0.353. The average Bonchev–Trinajstić information content (AvgIpc) is 2.79. The minimum atomic E-state index is -0.402. The monoisotopic (exact) mass is 456 g/mol. The first-order valence-electron chi connectivity index (χ1n) is 9.81. The fourth-order valence-electron chi connectivity index (χ4n) is 2.80. The first kappa shape index (κ1) is 23.1. The summed E-state index contributed by atoms with van der Waals surface area (Å²) in [6.07, 6.45) is 1.46. The largest absolute Gasteiger partial charge is 0.493 e. The highest BCUT2D eigenvalue weighted by atomic mass is 35.5. The molecular formula is C24H22ClFN2O4. The molecule has 0 bridgehead atoms. The van der Waals surface area contributed by atoms with Gasteiger partial charge in [-0.1, -0.05) is 29.8 Å². The molecular weight excluding hydrogens is 435 g/mol. The van der Waals surface area contributed by atoms with E-state index in [9.17, 15) is 9.18 Å². The Kier molecular flexibility index (Phi) is 8.05. The molecule has 3 rings (SSSR count). The molecule has 0 aliphatic rings. The van der Waals surface area contributed by atoms with E-state index >= 15 is 0 Å². The van der Waals surface area contributed by atoms with Crippen LogP contribution in [0.3, 0.4) is 0 Å². The Labute approximate surface area is 190 Å². The molecule has 0 aliphatic heterocycles. The van der Waals surface area contributed by atoms with Crippen LogP contribution in [0, 0.1) is 5.82 Å². The molecule has 32 heavy (non-hydrogen) atoms. The molecule has 8 heteroatoms. The van der Waals surface area contributed by atoms with Crippen molar-refractivity contribution in [3.05, 3.63) is 88.2 Å². The van der Waals surface area contributed by atoms with Gasteiger partial charge in [-0.15, -0.1) is 0 Å². The second-order valence-electron chi connectivity index (χ2n) is 6.57. The molecule has 6 nitrogen and oxygen atoms in total. The Morgan fingerprint density at radius 2 is 1.84 bits per heavy atom. The molecule has 0 aromatic heterocycles. The molecule has 166 valence electrons. The summed E-state index contributed by atoms with van der Waals surface area (Å²) in [6, 6.07) is 16.2. The van der Waals surface area contributed by atoms with E-state index in [-0.39, 0.29) is 12.4 Å². The number of hydrogen-bond acceptors (Lipinski definition) is 5. The summed E-state index contributed by atoms with van der Waals surface area (Å²) in [6.45, 7) is 2.35. The first-order chi connectivity index (χ1) is 15.5. The molecule has 0 unspecified atom stereocenters. The zero-order valence-electron chi connectivity index (χ0n) is 17.6. The average molecular weight is 457 g/mol. The van der Waals surface area contributed by atoms with Crippen LogP contribution in [0.5, 0.6) is 17.2 Å². The van der Waals surface area contributed by atoms with E-state index in [1.807, 2.05) is 6.92 Å². The summed E-state index contributed by atoms with van der Waals surface area (Å²) in [5, 5.41) is 4.31. The number of methoxy groups -OCH3 is 1. The van der Waals surface area contributed by atoms with Crippen LogP contribution in [0.1, 0.15) is 28.4 Å². The van der Waals surface area contributed by atoms with Crippen LogP contribution < -0.4 is 19.6 Å². The van der Waals surface area contributed by atoms with Crippen molar-refractivity contribution in [2.75, 3.05) is 13.7 Å². The van der Waals surface area contributed by atoms with Gasteiger partial charge in [0, 0.05) is 11.1 Å². The molecule has 0 fully saturated rings. The fourth-order valence-corrected chi connectivity index (χ4v) is 3.05. The van der Waals surface area contributed by atoms with Crippen LogP contribution in [0.4, 0.5) is 4.39 Å². The third-order valence-corrected chi connectivity index (χ3v) is 4.70. The number of halogens is 2. The SMILES string of the molecule is CCOc1cc(C(=O)N/N=C/c2ccc(OCc3ccccc3F)c(Cl)c2)ccc1OC. The lowest BCUT2D eigenvalue weighted by Gasteiger charge is -2.10. The van der Waals surface area contributed by atoms with Crippen LogP contribution in [0.25, 0.3) is 0 Å². The molecule has 0 saturated heterocycles. The van der Waals surface area contributed by atoms with Crippen LogP contribution in [-0.2, 0) is 6.61 Å². The Balaban J connectivity index is 1.60. The van der Waals surface area contributed by atoms with Crippen molar-refractivity contribution in [2.24, 2.45) is 5.10 Å². The van der Waals surface area contributed by atoms with Crippen LogP contribution in [0.2, 0.25) is 5.02 Å². The zero-order valence-corrected chi connectivity index (χ0v) is 18.4. The first-order valence-corrected chi connectivity index (χ1v) is 10.2. The van der Waals surface area contributed by atoms with Gasteiger partial charge in [-0.05, 0) is 55.0 Å². The predicted octanol–water partition coefficient (Wildman–Crippen LogP) is 5.23. The number of benzene rings is 3. The van der Waals surface area contributed by atoms with Crippen LogP contribution >= 0.6 is 11.6 Å². The van der Waals surface area contributed by atoms with Crippen LogP contribution in [-0.4, -0.2) is 25.8 Å². The predicted molar refractivity (Wildman–Crippen MR) is 121 cm³/mol. The Morgan fingerprint density at radius 1 is 1.06 bits per heavy atom. The summed E-state index contributed by atoms with van der Waals surface area (Å²) in [7, 11) is 1.53. The van der Waals surface area contributed by atoms with Crippen molar-refractivity contribution in [3.63, 3.8) is 0 Å². The van der Waals surface area contributed by atoms with Gasteiger partial charge in [0.2, 0.25) is 0 Å². The van der Waals surface area contributed by atoms with Gasteiger partial charge in [0.15, 0.2) is 11.5 Å². The Bertz CT molecular complexity index is 1120. The van der Waals surface area contributed by atoms with Gasteiger partial charge >= 0.3 is 0 Å². The second kappa shape index (κ2) is 11.2. The van der Waals surface area contributed by atoms with E-state index < -0.39 is 5.91 Å². The molecule has 1 N–H and O–H groups in total. The second-order valence-corrected chi connectivity index (χ2v) is 6.97. The maximum atomic E-state index is 13.7. The van der Waals surface area contributed by atoms with E-state index in [1.165, 1.54) is 19.4 Å². The topological polar surface area (TPSA) is 69.2 Å². The summed E-state index contributed by atoms with van der Waals surface area (Å²) in [5.41, 5.74) is 3.92. The summed E-state index contributed by atoms with van der Waals surface area (Å²) in [4.78, 5) is 12.4. The molecule has 3 aromatic rings. The smallest absolute Gasteiger partial charge is 0.271 e. The molecule has 0 radical (unpaired) electrons. The number of hydrazone groups is 1. The van der Waals surface area contributed by atoms with Crippen molar-refractivity contribution in [3.8, 4) is 17.2 Å². The lowest BCUT2D eigenvalue weighted by atomic mass is 10.2. The van der Waals surface area contributed by atoms with Crippen molar-refractivity contribution in [2.45, 2.75) is 13.5 Å². The maximum absolute atomic E-state index is 13.7. The summed E-state index contributed by atoms with van der Waals surface area (Å²) in [5.74, 6) is 0.690. The zero-order chi connectivity index (χ0) is 22.9. The van der Waals surface area contributed by atoms with Gasteiger partial charge in [-0.25, -0.2) is 9.82 Å². The van der Waals surface area contributed by atoms with E-state index in [0.29, 0.717) is 45.6 Å². The van der Waals surface area contributed by atoms with Gasteiger partial charge in [0.1, 0.15) is 18.2 Å². The number of ether oxygens (including phenoxy) is 3. The van der Waals surface area contributed by atoms with Crippen molar-refractivity contribution >= 4 is 23.7 Å². The van der Waals surface area contributed by atoms with Gasteiger partial charge in [0.25, 0.3) is 5.91 Å². The number of carbonyl (C=O) groups is 1. The molecule has 0 atom stereocenters. The van der Waals surface area contributed by atoms with Gasteiger partial charge in [0.05, 0.1) is 25.0 Å². The molecule has 0 heterocycles. The summed E-state index contributed by atoms with van der Waals surface area (Å²) < 4.78 is 30.0. The lowest BCUT2D eigenvalue weighted by molar-refractivity contribution is 0.0954. The third-order valence-electron chi connectivity index (χ3n) is 4.40. The van der Waals surface area contributed by atoms with Crippen LogP contribution in [0.15, 0.2) is 65.8 Å². The highest BCUT2D eigenvalue weighted by Gasteiger charge is 2.11. The van der Waals surface area contributed by atoms with Crippen molar-refractivity contribution in [1.82, 2.24) is 5.43 Å². The van der Waals surface area contributed by atoms with Crippen molar-refractivity contribution < 1.29 is 23.4 Å². The molecule has 3 aromatic carbocycles. The molecule has 1 amide bonds. The number of carbonyl (C=O) groups excluding carboxylic acids is 1. The number of amides is 1. The standard InChI is InChI=1S/C24H22ClFN2O4/c1-3-31-23-13-17(9-11-22(23)30-2)24(29)28-27-14-16-8-10-21(19(25)12-16)32-15-18-6-4-5-7-20(18)26/h4-14H,3,15H2,1-2H3,(H,28,29)/b27-14+. The van der Waals surface area contributed by atoms with E-state index in [0.717, 1.165) is 0 Å². The lowest BCUT2D eigenvalue weighted by Crippen LogP contribution is -2.17. The van der Waals surface area contributed by atoms with E-state index in [2.05, 4.69) is 10.5 Å². The third kappa shape index (κ3) is 5.98. The molecule has 0 spiro atoms. The van der Waals surface area contributed by atoms with Crippen molar-refractivity contribution in [1.29, 1.82) is 0 Å². The normalized spacial score (nSPS) is 10.8. The molecule has 0 saturated carbocycles. The highest BCUT2D eigenvalue weighted by Crippen LogP contribution is 2.28. The number of rotatable bonds is 9. The Hall–Kier alpha value is -3.58.